The molecular formula is C15H15ClN2O5S2. The van der Waals surface area contributed by atoms with Gasteiger partial charge in [-0.1, -0.05) is 23.4 Å². The van der Waals surface area contributed by atoms with Crippen molar-refractivity contribution in [1.82, 2.24) is 0 Å². The number of carbonyl (C=O) groups is 2. The van der Waals surface area contributed by atoms with Gasteiger partial charge in [0.05, 0.1) is 24.0 Å². The fourth-order valence-electron chi connectivity index (χ4n) is 2.84. The third-order valence-electron chi connectivity index (χ3n) is 3.94. The van der Waals surface area contributed by atoms with Gasteiger partial charge in [-0.05, 0) is 24.3 Å². The fourth-order valence-corrected chi connectivity index (χ4v) is 6.90. The van der Waals surface area contributed by atoms with E-state index in [1.807, 2.05) is 0 Å². The Bertz CT molecular complexity index is 838. The number of aliphatic imine (C=N–C) groups is 1. The van der Waals surface area contributed by atoms with E-state index in [4.69, 9.17) is 16.7 Å². The number of anilines is 1. The summed E-state index contributed by atoms with van der Waals surface area (Å²) in [6, 6.07) is 6.55. The van der Waals surface area contributed by atoms with Crippen LogP contribution in [0.3, 0.4) is 0 Å². The summed E-state index contributed by atoms with van der Waals surface area (Å²) < 4.78 is 23.9. The lowest BCUT2D eigenvalue weighted by Crippen LogP contribution is -2.37. The molecule has 2 atom stereocenters. The number of amidine groups is 1. The second kappa shape index (κ2) is 6.97. The van der Waals surface area contributed by atoms with Crippen molar-refractivity contribution in [1.29, 1.82) is 0 Å². The van der Waals surface area contributed by atoms with Gasteiger partial charge < -0.3 is 10.0 Å². The van der Waals surface area contributed by atoms with Crippen LogP contribution < -0.4 is 4.90 Å². The number of nitrogens with zero attached hydrogens (tertiary/aromatic N) is 2. The summed E-state index contributed by atoms with van der Waals surface area (Å²) in [6.07, 6.45) is -0.482. The van der Waals surface area contributed by atoms with Crippen LogP contribution in [0.5, 0.6) is 0 Å². The molecule has 2 saturated heterocycles. The number of amides is 1. The molecule has 3 rings (SSSR count). The Kier molecular flexibility index (Phi) is 5.08. The molecule has 0 spiro atoms. The van der Waals surface area contributed by atoms with Crippen LogP contribution in [0.4, 0.5) is 5.69 Å². The first-order chi connectivity index (χ1) is 11.7. The summed E-state index contributed by atoms with van der Waals surface area (Å²) in [5, 5.41) is 9.42. The molecule has 2 aliphatic heterocycles. The Morgan fingerprint density at radius 2 is 1.92 bits per heavy atom. The average molecular weight is 403 g/mol. The number of fused-ring (bicyclic) bond motifs is 1. The number of thioether (sulfide) groups is 1. The Hall–Kier alpha value is -1.58. The van der Waals surface area contributed by atoms with Gasteiger partial charge in [-0.25, -0.2) is 8.42 Å². The summed E-state index contributed by atoms with van der Waals surface area (Å²) in [6.45, 7) is 0. The number of carboxylic acid groups (broad SMARTS) is 1. The third-order valence-corrected chi connectivity index (χ3v) is 7.41. The van der Waals surface area contributed by atoms with E-state index in [0.29, 0.717) is 15.9 Å². The zero-order valence-electron chi connectivity index (χ0n) is 13.0. The molecule has 10 heteroatoms. The Morgan fingerprint density at radius 3 is 2.56 bits per heavy atom. The zero-order valence-corrected chi connectivity index (χ0v) is 15.4. The van der Waals surface area contributed by atoms with Crippen molar-refractivity contribution in [2.24, 2.45) is 4.99 Å². The van der Waals surface area contributed by atoms with E-state index in [1.165, 1.54) is 11.8 Å². The van der Waals surface area contributed by atoms with Crippen molar-refractivity contribution in [3.8, 4) is 0 Å². The highest BCUT2D eigenvalue weighted by Gasteiger charge is 2.49. The number of aliphatic carboxylic acids is 1. The van der Waals surface area contributed by atoms with E-state index in [1.54, 1.807) is 29.2 Å². The Balaban J connectivity index is 1.90. The molecule has 2 aliphatic rings. The van der Waals surface area contributed by atoms with E-state index in [0.717, 1.165) is 0 Å². The average Bonchev–Trinajstić information content (AvgIpc) is 2.97. The molecule has 2 fully saturated rings. The second-order valence-electron chi connectivity index (χ2n) is 5.83. The van der Waals surface area contributed by atoms with Gasteiger partial charge in [-0.3, -0.25) is 9.59 Å². The van der Waals surface area contributed by atoms with Crippen molar-refractivity contribution < 1.29 is 23.1 Å². The molecule has 25 heavy (non-hydrogen) atoms. The molecule has 1 N–H and O–H groups in total. The lowest BCUT2D eigenvalue weighted by atomic mass is 10.2. The summed E-state index contributed by atoms with van der Waals surface area (Å²) in [5.74, 6) is -1.57. The van der Waals surface area contributed by atoms with Crippen LogP contribution >= 0.6 is 23.4 Å². The molecule has 0 radical (unpaired) electrons. The van der Waals surface area contributed by atoms with Gasteiger partial charge in [0.2, 0.25) is 5.91 Å². The molecule has 0 aliphatic carbocycles. The lowest BCUT2D eigenvalue weighted by molar-refractivity contribution is -0.138. The minimum atomic E-state index is -3.13. The highest BCUT2D eigenvalue weighted by Crippen LogP contribution is 2.41. The van der Waals surface area contributed by atoms with Gasteiger partial charge in [0.25, 0.3) is 0 Å². The van der Waals surface area contributed by atoms with Gasteiger partial charge in [-0.2, -0.15) is 4.99 Å². The van der Waals surface area contributed by atoms with E-state index in [2.05, 4.69) is 4.99 Å². The molecule has 134 valence electrons. The van der Waals surface area contributed by atoms with Crippen LogP contribution in [0.25, 0.3) is 0 Å². The largest absolute Gasteiger partial charge is 0.481 e. The van der Waals surface area contributed by atoms with E-state index in [-0.39, 0.29) is 35.6 Å². The summed E-state index contributed by atoms with van der Waals surface area (Å²) in [4.78, 5) is 28.3. The predicted molar refractivity (Wildman–Crippen MR) is 97.1 cm³/mol. The number of halogens is 1. The molecule has 0 aromatic heterocycles. The van der Waals surface area contributed by atoms with Crippen LogP contribution in [0.15, 0.2) is 29.3 Å². The topological polar surface area (TPSA) is 104 Å². The maximum Gasteiger partial charge on any atom is 0.303 e. The lowest BCUT2D eigenvalue weighted by Gasteiger charge is -2.24. The quantitative estimate of drug-likeness (QED) is 0.818. The Labute approximate surface area is 154 Å². The van der Waals surface area contributed by atoms with Crippen LogP contribution in [-0.4, -0.2) is 53.4 Å². The maximum absolute atomic E-state index is 12.0. The minimum absolute atomic E-state index is 0.00434. The van der Waals surface area contributed by atoms with E-state index >= 15 is 0 Å². The zero-order chi connectivity index (χ0) is 18.2. The smallest absolute Gasteiger partial charge is 0.303 e. The standard InChI is InChI=1S/C15H15ClN2O5S2/c16-9-1-3-10(4-2-9)18-11-7-25(22,23)8-12(11)24-15(18)17-13(19)5-6-14(20)21/h1-4,11-12H,5-8H2,(H,20,21). The van der Waals surface area contributed by atoms with Crippen LogP contribution in [0.2, 0.25) is 5.02 Å². The van der Waals surface area contributed by atoms with Crippen LogP contribution in [0, 0.1) is 0 Å². The first-order valence-corrected chi connectivity index (χ1v) is 10.6. The van der Waals surface area contributed by atoms with Crippen molar-refractivity contribution in [3.05, 3.63) is 29.3 Å². The third kappa shape index (κ3) is 4.16. The number of hydrogen-bond acceptors (Lipinski definition) is 5. The molecule has 0 saturated carbocycles. The van der Waals surface area contributed by atoms with Crippen molar-refractivity contribution in [2.45, 2.75) is 24.1 Å². The predicted octanol–water partition coefficient (Wildman–Crippen LogP) is 1.81. The maximum atomic E-state index is 12.0. The number of hydrogen-bond donors (Lipinski definition) is 1. The normalized spacial score (nSPS) is 26.0. The molecule has 1 amide bonds. The fraction of sp³-hybridized carbons (Fsp3) is 0.400. The SMILES string of the molecule is O=C(O)CCC(=O)N=C1SC2CS(=O)(=O)CC2N1c1ccc(Cl)cc1. The van der Waals surface area contributed by atoms with Gasteiger partial charge in [0.1, 0.15) is 0 Å². The monoisotopic (exact) mass is 402 g/mol. The summed E-state index contributed by atoms with van der Waals surface area (Å²) in [7, 11) is -3.13. The summed E-state index contributed by atoms with van der Waals surface area (Å²) >= 11 is 7.16. The molecule has 1 aromatic rings. The van der Waals surface area contributed by atoms with Crippen molar-refractivity contribution in [2.75, 3.05) is 16.4 Å². The Morgan fingerprint density at radius 1 is 1.24 bits per heavy atom. The van der Waals surface area contributed by atoms with Gasteiger partial charge >= 0.3 is 5.97 Å². The first-order valence-electron chi connectivity index (χ1n) is 7.50. The minimum Gasteiger partial charge on any atom is -0.481 e. The molecule has 1 aromatic carbocycles. The number of rotatable bonds is 4. The molecular weight excluding hydrogens is 388 g/mol. The first kappa shape index (κ1) is 18.2. The van der Waals surface area contributed by atoms with E-state index < -0.39 is 21.7 Å². The summed E-state index contributed by atoms with van der Waals surface area (Å²) in [5.41, 5.74) is 0.700. The van der Waals surface area contributed by atoms with Crippen molar-refractivity contribution >= 4 is 55.9 Å². The van der Waals surface area contributed by atoms with E-state index in [9.17, 15) is 18.0 Å². The molecule has 0 bridgehead atoms. The molecule has 2 heterocycles. The van der Waals surface area contributed by atoms with Crippen LogP contribution in [-0.2, 0) is 19.4 Å². The molecule has 2 unspecified atom stereocenters. The molecule has 7 nitrogen and oxygen atoms in total. The van der Waals surface area contributed by atoms with Crippen molar-refractivity contribution in [3.63, 3.8) is 0 Å². The van der Waals surface area contributed by atoms with Gasteiger partial charge in [0.15, 0.2) is 15.0 Å². The number of carbonyl (C=O) groups excluding carboxylic acids is 1. The van der Waals surface area contributed by atoms with Crippen LogP contribution in [0.1, 0.15) is 12.8 Å². The van der Waals surface area contributed by atoms with Gasteiger partial charge in [0, 0.05) is 22.4 Å². The van der Waals surface area contributed by atoms with Gasteiger partial charge in [-0.15, -0.1) is 0 Å². The number of sulfone groups is 1. The highest BCUT2D eigenvalue weighted by atomic mass is 35.5. The second-order valence-corrected chi connectivity index (χ2v) is 9.63. The highest BCUT2D eigenvalue weighted by molar-refractivity contribution is 8.16. The number of carboxylic acids is 1. The number of benzene rings is 1.